The van der Waals surface area contributed by atoms with Crippen LogP contribution in [0.25, 0.3) is 10.9 Å². The number of amides is 2. The Hall–Kier alpha value is -5.66. The molecule has 0 saturated heterocycles. The SMILES string of the molecule is COc1cc(OC)cc(C(C)(C)OC(=O)N[C@@H](Cc2c[nH]c3ccccc23)C(=O)N2CCc3cc([N+](=O)[O-])cc([N+](=O)[O-])c32)c1. The summed E-state index contributed by atoms with van der Waals surface area (Å²) >= 11 is 0. The second-order valence-corrected chi connectivity index (χ2v) is 11.0. The van der Waals surface area contributed by atoms with Crippen molar-refractivity contribution in [1.29, 1.82) is 0 Å². The van der Waals surface area contributed by atoms with Crippen molar-refractivity contribution in [3.8, 4) is 11.5 Å². The first-order valence-corrected chi connectivity index (χ1v) is 14.0. The van der Waals surface area contributed by atoms with Gasteiger partial charge in [0.15, 0.2) is 0 Å². The Bertz CT molecular complexity index is 1790. The molecule has 14 heteroatoms. The smallest absolute Gasteiger partial charge is 0.408 e. The van der Waals surface area contributed by atoms with Crippen molar-refractivity contribution in [2.75, 3.05) is 25.7 Å². The van der Waals surface area contributed by atoms with Crippen LogP contribution in [0.1, 0.15) is 30.5 Å². The molecule has 4 aromatic rings. The highest BCUT2D eigenvalue weighted by molar-refractivity contribution is 6.03. The molecule has 0 unspecified atom stereocenters. The number of aromatic amines is 1. The summed E-state index contributed by atoms with van der Waals surface area (Å²) in [5, 5.41) is 26.9. The number of non-ortho nitro benzene ring substituents is 1. The van der Waals surface area contributed by atoms with E-state index < -0.39 is 44.9 Å². The third-order valence-corrected chi connectivity index (χ3v) is 7.79. The number of ether oxygens (including phenoxy) is 3. The van der Waals surface area contributed by atoms with Crippen molar-refractivity contribution >= 4 is 40.0 Å². The van der Waals surface area contributed by atoms with Crippen LogP contribution in [0.15, 0.2) is 60.8 Å². The number of carbonyl (C=O) groups is 2. The van der Waals surface area contributed by atoms with E-state index >= 15 is 0 Å². The minimum atomic E-state index is -1.21. The fourth-order valence-electron chi connectivity index (χ4n) is 5.50. The predicted octanol–water partition coefficient (Wildman–Crippen LogP) is 5.16. The standard InChI is InChI=1S/C31H31N5O9/c1-31(2,20-13-22(43-3)16-23(14-20)44-4)45-30(38)33-26(12-19-17-32-25-8-6-5-7-24(19)25)29(37)34-10-9-18-11-21(35(39)40)15-27(28(18)34)36(41)42/h5-8,11,13-17,26,32H,9-10,12H2,1-4H3,(H,33,38)/t26-/m0/s1. The van der Waals surface area contributed by atoms with Crippen LogP contribution in [-0.4, -0.2) is 53.6 Å². The summed E-state index contributed by atoms with van der Waals surface area (Å²) in [5.41, 5.74) is 0.179. The molecule has 2 heterocycles. The molecule has 0 spiro atoms. The third kappa shape index (κ3) is 6.20. The summed E-state index contributed by atoms with van der Waals surface area (Å²) in [5.74, 6) is 0.348. The first-order valence-electron chi connectivity index (χ1n) is 14.0. The normalized spacial score (nSPS) is 13.2. The fourth-order valence-corrected chi connectivity index (χ4v) is 5.50. The number of methoxy groups -OCH3 is 2. The quantitative estimate of drug-likeness (QED) is 0.179. The molecule has 45 heavy (non-hydrogen) atoms. The van der Waals surface area contributed by atoms with Gasteiger partial charge in [-0.05, 0) is 49.6 Å². The summed E-state index contributed by atoms with van der Waals surface area (Å²) in [6.45, 7) is 3.38. The Labute approximate surface area is 257 Å². The second kappa shape index (κ2) is 12.1. The van der Waals surface area contributed by atoms with Crippen LogP contribution in [-0.2, 0) is 28.0 Å². The zero-order chi connectivity index (χ0) is 32.5. The van der Waals surface area contributed by atoms with Gasteiger partial charge in [0.05, 0.1) is 30.1 Å². The lowest BCUT2D eigenvalue weighted by Crippen LogP contribution is -2.50. The number of nitro benzene ring substituents is 2. The van der Waals surface area contributed by atoms with Crippen molar-refractivity contribution in [2.45, 2.75) is 38.3 Å². The number of anilines is 1. The number of alkyl carbamates (subject to hydrolysis) is 1. The van der Waals surface area contributed by atoms with Crippen molar-refractivity contribution < 1.29 is 33.6 Å². The molecule has 1 aliphatic rings. The van der Waals surface area contributed by atoms with Crippen LogP contribution in [0.4, 0.5) is 21.9 Å². The summed E-state index contributed by atoms with van der Waals surface area (Å²) in [7, 11) is 3.00. The van der Waals surface area contributed by atoms with Gasteiger partial charge in [0.1, 0.15) is 28.8 Å². The molecule has 2 amide bonds. The minimum absolute atomic E-state index is 0.0258. The number of nitrogens with zero attached hydrogens (tertiary/aromatic N) is 3. The van der Waals surface area contributed by atoms with Crippen LogP contribution in [0.3, 0.4) is 0 Å². The van der Waals surface area contributed by atoms with Gasteiger partial charge in [0.2, 0.25) is 5.91 Å². The summed E-state index contributed by atoms with van der Waals surface area (Å²) in [6, 6.07) is 13.4. The van der Waals surface area contributed by atoms with Crippen LogP contribution < -0.4 is 19.7 Å². The maximum atomic E-state index is 14.2. The Kier molecular flexibility index (Phi) is 8.31. The van der Waals surface area contributed by atoms with Gasteiger partial charge in [-0.15, -0.1) is 0 Å². The molecule has 0 fully saturated rings. The van der Waals surface area contributed by atoms with E-state index in [9.17, 15) is 29.8 Å². The minimum Gasteiger partial charge on any atom is -0.497 e. The van der Waals surface area contributed by atoms with Crippen molar-refractivity contribution in [1.82, 2.24) is 10.3 Å². The van der Waals surface area contributed by atoms with Crippen molar-refractivity contribution in [3.63, 3.8) is 0 Å². The number of hydrogen-bond donors (Lipinski definition) is 2. The van der Waals surface area contributed by atoms with E-state index in [1.807, 2.05) is 24.3 Å². The molecule has 0 radical (unpaired) electrons. The van der Waals surface area contributed by atoms with Gasteiger partial charge in [-0.25, -0.2) is 4.79 Å². The molecule has 2 N–H and O–H groups in total. The van der Waals surface area contributed by atoms with Crippen molar-refractivity contribution in [3.05, 3.63) is 97.7 Å². The van der Waals surface area contributed by atoms with E-state index in [1.165, 1.54) is 25.2 Å². The number of aromatic nitrogens is 1. The van der Waals surface area contributed by atoms with Gasteiger partial charge < -0.3 is 29.4 Å². The Morgan fingerprint density at radius 3 is 2.36 bits per heavy atom. The second-order valence-electron chi connectivity index (χ2n) is 11.0. The average molecular weight is 618 g/mol. The molecule has 234 valence electrons. The highest BCUT2D eigenvalue weighted by Crippen LogP contribution is 2.41. The lowest BCUT2D eigenvalue weighted by molar-refractivity contribution is -0.393. The zero-order valence-electron chi connectivity index (χ0n) is 25.0. The number of hydrogen-bond acceptors (Lipinski definition) is 9. The first-order chi connectivity index (χ1) is 21.4. The highest BCUT2D eigenvalue weighted by Gasteiger charge is 2.39. The number of nitro groups is 2. The van der Waals surface area contributed by atoms with Gasteiger partial charge in [0, 0.05) is 47.8 Å². The van der Waals surface area contributed by atoms with E-state index in [0.717, 1.165) is 22.5 Å². The van der Waals surface area contributed by atoms with Crippen LogP contribution >= 0.6 is 0 Å². The summed E-state index contributed by atoms with van der Waals surface area (Å²) in [4.78, 5) is 53.9. The Morgan fingerprint density at radius 2 is 1.71 bits per heavy atom. The monoisotopic (exact) mass is 617 g/mol. The summed E-state index contributed by atoms with van der Waals surface area (Å²) < 4.78 is 16.5. The van der Waals surface area contributed by atoms with Gasteiger partial charge in [-0.1, -0.05) is 18.2 Å². The van der Waals surface area contributed by atoms with E-state index in [0.29, 0.717) is 22.6 Å². The molecule has 3 aromatic carbocycles. The number of benzene rings is 3. The largest absolute Gasteiger partial charge is 0.497 e. The van der Waals surface area contributed by atoms with Crippen LogP contribution in [0.5, 0.6) is 11.5 Å². The van der Waals surface area contributed by atoms with Gasteiger partial charge in [0.25, 0.3) is 11.4 Å². The lowest BCUT2D eigenvalue weighted by Gasteiger charge is -2.29. The summed E-state index contributed by atoms with van der Waals surface area (Å²) in [6.07, 6.45) is 1.02. The molecular weight excluding hydrogens is 586 g/mol. The topological polar surface area (TPSA) is 179 Å². The number of fused-ring (bicyclic) bond motifs is 2. The number of para-hydroxylation sites is 1. The van der Waals surface area contributed by atoms with Gasteiger partial charge in [-0.3, -0.25) is 25.0 Å². The lowest BCUT2D eigenvalue weighted by atomic mass is 9.97. The number of nitrogens with one attached hydrogen (secondary N) is 2. The average Bonchev–Trinajstić information content (AvgIpc) is 3.63. The molecule has 1 aliphatic heterocycles. The Morgan fingerprint density at radius 1 is 1.02 bits per heavy atom. The molecule has 1 aromatic heterocycles. The van der Waals surface area contributed by atoms with E-state index in [-0.39, 0.29) is 25.1 Å². The van der Waals surface area contributed by atoms with Crippen LogP contribution in [0, 0.1) is 20.2 Å². The van der Waals surface area contributed by atoms with E-state index in [1.54, 1.807) is 38.2 Å². The van der Waals surface area contributed by atoms with Crippen molar-refractivity contribution in [2.24, 2.45) is 0 Å². The van der Waals surface area contributed by atoms with Crippen LogP contribution in [0.2, 0.25) is 0 Å². The molecule has 0 aliphatic carbocycles. The molecule has 5 rings (SSSR count). The van der Waals surface area contributed by atoms with E-state index in [2.05, 4.69) is 10.3 Å². The van der Waals surface area contributed by atoms with Gasteiger partial charge in [-0.2, -0.15) is 0 Å². The fraction of sp³-hybridized carbons (Fsp3) is 0.290. The molecule has 0 bridgehead atoms. The van der Waals surface area contributed by atoms with E-state index in [4.69, 9.17) is 14.2 Å². The number of H-pyrrole nitrogens is 1. The van der Waals surface area contributed by atoms with Gasteiger partial charge >= 0.3 is 6.09 Å². The maximum Gasteiger partial charge on any atom is 0.408 e. The number of carbonyl (C=O) groups excluding carboxylic acids is 2. The third-order valence-electron chi connectivity index (χ3n) is 7.79. The molecule has 14 nitrogen and oxygen atoms in total. The Balaban J connectivity index is 1.48. The predicted molar refractivity (Wildman–Crippen MR) is 164 cm³/mol. The molecular formula is C31H31N5O9. The number of rotatable bonds is 10. The molecule has 0 saturated carbocycles. The maximum absolute atomic E-state index is 14.2. The first kappa shape index (κ1) is 30.8. The highest BCUT2D eigenvalue weighted by atomic mass is 16.6. The molecule has 1 atom stereocenters. The zero-order valence-corrected chi connectivity index (χ0v) is 25.0.